The number of anilines is 1. The van der Waals surface area contributed by atoms with Crippen LogP contribution in [-0.2, 0) is 32.5 Å². The van der Waals surface area contributed by atoms with Crippen LogP contribution in [0, 0.1) is 0 Å². The van der Waals surface area contributed by atoms with E-state index in [4.69, 9.17) is 4.74 Å². The van der Waals surface area contributed by atoms with Crippen LogP contribution in [0.25, 0.3) is 0 Å². The van der Waals surface area contributed by atoms with Gasteiger partial charge in [0.2, 0.25) is 5.91 Å². The topological polar surface area (TPSA) is 55.4 Å². The number of hydrogen-bond donors (Lipinski definition) is 1. The van der Waals surface area contributed by atoms with E-state index in [0.29, 0.717) is 24.5 Å². The van der Waals surface area contributed by atoms with Crippen LogP contribution in [0.3, 0.4) is 0 Å². The normalized spacial score (nSPS) is 12.0. The van der Waals surface area contributed by atoms with Crippen LogP contribution in [0.5, 0.6) is 0 Å². The Kier molecular flexibility index (Phi) is 6.76. The second kappa shape index (κ2) is 8.82. The zero-order valence-electron chi connectivity index (χ0n) is 12.4. The summed E-state index contributed by atoms with van der Waals surface area (Å²) in [6.45, 7) is 0.490. The minimum atomic E-state index is -0.954. The standard InChI is InChI=1S/C16H19NO3S2/c1-20-7-9-22(19)12-13-4-2-5-14(10-13)17-16(18)11-15-6-3-8-21-15/h2-6,8,10H,7,9,11-12H2,1H3,(H,17,18)/t22-/m0/s1. The average molecular weight is 337 g/mol. The Labute approximate surface area is 137 Å². The Balaban J connectivity index is 1.90. The summed E-state index contributed by atoms with van der Waals surface area (Å²) < 4.78 is 16.8. The Morgan fingerprint density at radius 3 is 2.91 bits per heavy atom. The molecular formula is C16H19NO3S2. The lowest BCUT2D eigenvalue weighted by Gasteiger charge is -2.07. The van der Waals surface area contributed by atoms with Gasteiger partial charge in [0.25, 0.3) is 0 Å². The predicted molar refractivity (Wildman–Crippen MR) is 91.7 cm³/mol. The van der Waals surface area contributed by atoms with Crippen molar-refractivity contribution in [1.82, 2.24) is 0 Å². The fraction of sp³-hybridized carbons (Fsp3) is 0.312. The molecule has 2 aromatic rings. The summed E-state index contributed by atoms with van der Waals surface area (Å²) in [7, 11) is 0.644. The summed E-state index contributed by atoms with van der Waals surface area (Å²) in [5.74, 6) is 0.948. The Bertz CT molecular complexity index is 626. The number of methoxy groups -OCH3 is 1. The van der Waals surface area contributed by atoms with Crippen molar-refractivity contribution < 1.29 is 13.7 Å². The number of ether oxygens (including phenoxy) is 1. The molecule has 0 saturated carbocycles. The second-order valence-corrected chi connectivity index (χ2v) is 7.39. The largest absolute Gasteiger partial charge is 0.384 e. The zero-order chi connectivity index (χ0) is 15.8. The summed E-state index contributed by atoms with van der Waals surface area (Å²) in [5.41, 5.74) is 1.69. The van der Waals surface area contributed by atoms with Gasteiger partial charge in [-0.3, -0.25) is 9.00 Å². The van der Waals surface area contributed by atoms with Gasteiger partial charge in [-0.25, -0.2) is 0 Å². The highest BCUT2D eigenvalue weighted by Crippen LogP contribution is 2.14. The van der Waals surface area contributed by atoms with E-state index in [0.717, 1.165) is 16.1 Å². The molecule has 0 fully saturated rings. The molecule has 6 heteroatoms. The van der Waals surface area contributed by atoms with Crippen molar-refractivity contribution in [3.05, 3.63) is 52.2 Å². The van der Waals surface area contributed by atoms with Crippen molar-refractivity contribution >= 4 is 33.7 Å². The third-order valence-electron chi connectivity index (χ3n) is 2.97. The van der Waals surface area contributed by atoms with E-state index >= 15 is 0 Å². The van der Waals surface area contributed by atoms with Gasteiger partial charge in [0.15, 0.2) is 0 Å². The van der Waals surface area contributed by atoms with Gasteiger partial charge in [-0.15, -0.1) is 11.3 Å². The van der Waals surface area contributed by atoms with Crippen LogP contribution in [0.2, 0.25) is 0 Å². The molecule has 0 bridgehead atoms. The molecule has 0 unspecified atom stereocenters. The molecule has 1 heterocycles. The van der Waals surface area contributed by atoms with Crippen LogP contribution < -0.4 is 5.32 Å². The summed E-state index contributed by atoms with van der Waals surface area (Å²) in [5, 5.41) is 4.84. The number of rotatable bonds is 8. The average Bonchev–Trinajstić information content (AvgIpc) is 2.98. The molecule has 0 spiro atoms. The first-order chi connectivity index (χ1) is 10.7. The van der Waals surface area contributed by atoms with Gasteiger partial charge < -0.3 is 10.1 Å². The maximum Gasteiger partial charge on any atom is 0.229 e. The highest BCUT2D eigenvalue weighted by atomic mass is 32.2. The fourth-order valence-corrected chi connectivity index (χ4v) is 3.70. The molecule has 1 aromatic heterocycles. The number of benzene rings is 1. The maximum atomic E-state index is 12.0. The summed E-state index contributed by atoms with van der Waals surface area (Å²) >= 11 is 1.57. The van der Waals surface area contributed by atoms with Crippen molar-refractivity contribution in [3.8, 4) is 0 Å². The predicted octanol–water partition coefficient (Wildman–Crippen LogP) is 2.82. The zero-order valence-corrected chi connectivity index (χ0v) is 14.0. The van der Waals surface area contributed by atoms with E-state index in [1.54, 1.807) is 18.4 Å². The van der Waals surface area contributed by atoms with E-state index in [1.165, 1.54) is 0 Å². The lowest BCUT2D eigenvalue weighted by molar-refractivity contribution is -0.115. The van der Waals surface area contributed by atoms with E-state index in [9.17, 15) is 9.00 Å². The van der Waals surface area contributed by atoms with Gasteiger partial charge in [0.05, 0.1) is 13.0 Å². The Morgan fingerprint density at radius 1 is 1.32 bits per heavy atom. The Morgan fingerprint density at radius 2 is 2.18 bits per heavy atom. The van der Waals surface area contributed by atoms with Gasteiger partial charge in [0, 0.05) is 40.0 Å². The number of nitrogens with one attached hydrogen (secondary N) is 1. The molecule has 0 radical (unpaired) electrons. The fourth-order valence-electron chi connectivity index (χ4n) is 1.95. The molecule has 0 aliphatic carbocycles. The van der Waals surface area contributed by atoms with Crippen molar-refractivity contribution in [3.63, 3.8) is 0 Å². The SMILES string of the molecule is COCC[S@](=O)Cc1cccc(NC(=O)Cc2cccs2)c1. The van der Waals surface area contributed by atoms with Gasteiger partial charge in [-0.2, -0.15) is 0 Å². The highest BCUT2D eigenvalue weighted by Gasteiger charge is 2.07. The third-order valence-corrected chi connectivity index (χ3v) is 5.12. The van der Waals surface area contributed by atoms with Gasteiger partial charge in [-0.05, 0) is 29.1 Å². The molecule has 118 valence electrons. The van der Waals surface area contributed by atoms with Crippen molar-refractivity contribution in [2.24, 2.45) is 0 Å². The monoisotopic (exact) mass is 337 g/mol. The Hall–Kier alpha value is -1.50. The van der Waals surface area contributed by atoms with E-state index in [1.807, 2.05) is 41.8 Å². The van der Waals surface area contributed by atoms with Gasteiger partial charge >= 0.3 is 0 Å². The molecule has 0 saturated heterocycles. The van der Waals surface area contributed by atoms with Crippen LogP contribution in [-0.4, -0.2) is 29.6 Å². The van der Waals surface area contributed by atoms with E-state index in [2.05, 4.69) is 5.32 Å². The van der Waals surface area contributed by atoms with Crippen LogP contribution in [0.4, 0.5) is 5.69 Å². The highest BCUT2D eigenvalue weighted by molar-refractivity contribution is 7.84. The molecule has 1 aromatic carbocycles. The maximum absolute atomic E-state index is 12.0. The van der Waals surface area contributed by atoms with Crippen molar-refractivity contribution in [2.75, 3.05) is 24.8 Å². The number of amides is 1. The van der Waals surface area contributed by atoms with Crippen LogP contribution in [0.15, 0.2) is 41.8 Å². The van der Waals surface area contributed by atoms with Gasteiger partial charge in [-0.1, -0.05) is 18.2 Å². The molecule has 1 atom stereocenters. The molecular weight excluding hydrogens is 318 g/mol. The van der Waals surface area contributed by atoms with Crippen molar-refractivity contribution in [2.45, 2.75) is 12.2 Å². The number of hydrogen-bond acceptors (Lipinski definition) is 4. The van der Waals surface area contributed by atoms with Crippen LogP contribution >= 0.6 is 11.3 Å². The first-order valence-electron chi connectivity index (χ1n) is 6.92. The quantitative estimate of drug-likeness (QED) is 0.806. The van der Waals surface area contributed by atoms with E-state index < -0.39 is 10.8 Å². The molecule has 0 aliphatic heterocycles. The minimum absolute atomic E-state index is 0.0416. The number of carbonyl (C=O) groups excluding carboxylic acids is 1. The second-order valence-electron chi connectivity index (χ2n) is 4.79. The lowest BCUT2D eigenvalue weighted by Crippen LogP contribution is -2.14. The van der Waals surface area contributed by atoms with E-state index in [-0.39, 0.29) is 5.91 Å². The minimum Gasteiger partial charge on any atom is -0.384 e. The molecule has 22 heavy (non-hydrogen) atoms. The molecule has 1 amide bonds. The first kappa shape index (κ1) is 16.9. The number of carbonyl (C=O) groups is 1. The molecule has 0 aliphatic rings. The third kappa shape index (κ3) is 5.71. The lowest BCUT2D eigenvalue weighted by atomic mass is 10.2. The van der Waals surface area contributed by atoms with Crippen molar-refractivity contribution in [1.29, 1.82) is 0 Å². The van der Waals surface area contributed by atoms with Crippen LogP contribution in [0.1, 0.15) is 10.4 Å². The summed E-state index contributed by atoms with van der Waals surface area (Å²) in [6, 6.07) is 11.4. The molecule has 1 N–H and O–H groups in total. The first-order valence-corrected chi connectivity index (χ1v) is 9.29. The summed E-state index contributed by atoms with van der Waals surface area (Å²) in [6.07, 6.45) is 0.377. The van der Waals surface area contributed by atoms with Gasteiger partial charge in [0.1, 0.15) is 0 Å². The summed E-state index contributed by atoms with van der Waals surface area (Å²) in [4.78, 5) is 13.0. The number of thiophene rings is 1. The smallest absolute Gasteiger partial charge is 0.229 e. The molecule has 2 rings (SSSR count). The molecule has 4 nitrogen and oxygen atoms in total.